The Morgan fingerprint density at radius 3 is 2.72 bits per heavy atom. The summed E-state index contributed by atoms with van der Waals surface area (Å²) in [6, 6.07) is 7.92. The van der Waals surface area contributed by atoms with E-state index in [1.807, 2.05) is 23.1 Å². The molecule has 1 aliphatic heterocycles. The van der Waals surface area contributed by atoms with E-state index in [-0.39, 0.29) is 12.5 Å². The number of aliphatic hydroxyl groups is 1. The van der Waals surface area contributed by atoms with Gasteiger partial charge in [-0.25, -0.2) is 0 Å². The average Bonchev–Trinajstić information content (AvgIpc) is 3.29. The third-order valence-corrected chi connectivity index (χ3v) is 6.25. The zero-order chi connectivity index (χ0) is 17.2. The number of anilines is 1. The molecule has 0 radical (unpaired) electrons. The highest BCUT2D eigenvalue weighted by Gasteiger charge is 2.35. The Kier molecular flexibility index (Phi) is 4.80. The summed E-state index contributed by atoms with van der Waals surface area (Å²) in [5.74, 6) is 2.74. The normalized spacial score (nSPS) is 28.5. The van der Waals surface area contributed by atoms with Crippen molar-refractivity contribution < 1.29 is 9.90 Å². The van der Waals surface area contributed by atoms with Crippen LogP contribution in [0.25, 0.3) is 0 Å². The zero-order valence-electron chi connectivity index (χ0n) is 14.7. The van der Waals surface area contributed by atoms with Gasteiger partial charge in [0.2, 0.25) is 0 Å². The molecule has 3 aliphatic rings. The quantitative estimate of drug-likeness (QED) is 0.810. The molecule has 4 heteroatoms. The number of hydrogen-bond acceptors (Lipinski definition) is 3. The maximum absolute atomic E-state index is 12.7. The molecule has 4 rings (SSSR count). The van der Waals surface area contributed by atoms with Gasteiger partial charge in [-0.15, -0.1) is 0 Å². The Hall–Kier alpha value is -1.81. The van der Waals surface area contributed by atoms with E-state index < -0.39 is 0 Å². The molecule has 4 nitrogen and oxygen atoms in total. The van der Waals surface area contributed by atoms with Crippen LogP contribution in [0.4, 0.5) is 5.69 Å². The second-order valence-corrected chi connectivity index (χ2v) is 7.92. The summed E-state index contributed by atoms with van der Waals surface area (Å²) in [5, 5.41) is 12.8. The number of benzene rings is 1. The molecule has 2 aliphatic carbocycles. The van der Waals surface area contributed by atoms with Gasteiger partial charge in [0.15, 0.2) is 0 Å². The van der Waals surface area contributed by atoms with Crippen molar-refractivity contribution in [3.05, 3.63) is 42.0 Å². The fourth-order valence-corrected chi connectivity index (χ4v) is 4.64. The second-order valence-electron chi connectivity index (χ2n) is 7.92. The first-order valence-electron chi connectivity index (χ1n) is 9.65. The smallest absolute Gasteiger partial charge is 0.253 e. The van der Waals surface area contributed by atoms with Gasteiger partial charge in [-0.3, -0.25) is 4.79 Å². The van der Waals surface area contributed by atoms with Gasteiger partial charge in [0.25, 0.3) is 5.91 Å². The van der Waals surface area contributed by atoms with Gasteiger partial charge < -0.3 is 15.3 Å². The Labute approximate surface area is 149 Å². The lowest BCUT2D eigenvalue weighted by Gasteiger charge is -2.31. The Bertz CT molecular complexity index is 649. The summed E-state index contributed by atoms with van der Waals surface area (Å²) in [5.41, 5.74) is 1.81. The number of fused-ring (bicyclic) bond motifs is 2. The molecule has 1 amide bonds. The number of rotatable bonds is 5. The first kappa shape index (κ1) is 16.6. The SMILES string of the molecule is O=C(c1cccc(NCC2CC3C=CC2C3)c1)N1CCC(CO)CC1. The summed E-state index contributed by atoms with van der Waals surface area (Å²) < 4.78 is 0. The zero-order valence-corrected chi connectivity index (χ0v) is 14.7. The van der Waals surface area contributed by atoms with Crippen molar-refractivity contribution in [2.75, 3.05) is 31.6 Å². The van der Waals surface area contributed by atoms with Gasteiger partial charge in [-0.2, -0.15) is 0 Å². The number of nitrogens with zero attached hydrogens (tertiary/aromatic N) is 1. The van der Waals surface area contributed by atoms with E-state index in [0.29, 0.717) is 5.92 Å². The standard InChI is InChI=1S/C21H28N2O2/c24-14-15-6-8-23(9-7-15)21(25)18-2-1-3-20(12-18)22-13-19-11-16-4-5-17(19)10-16/h1-5,12,15-17,19,22,24H,6-11,13-14H2. The van der Waals surface area contributed by atoms with Gasteiger partial charge in [0.05, 0.1) is 0 Å². The number of nitrogens with one attached hydrogen (secondary N) is 1. The molecular weight excluding hydrogens is 312 g/mol. The molecule has 1 saturated carbocycles. The minimum atomic E-state index is 0.114. The van der Waals surface area contributed by atoms with E-state index in [1.165, 1.54) is 12.8 Å². The van der Waals surface area contributed by atoms with Gasteiger partial charge in [0.1, 0.15) is 0 Å². The molecule has 1 aromatic carbocycles. The van der Waals surface area contributed by atoms with Gasteiger partial charge in [0, 0.05) is 37.5 Å². The largest absolute Gasteiger partial charge is 0.396 e. The molecular formula is C21H28N2O2. The molecule has 134 valence electrons. The average molecular weight is 340 g/mol. The van der Waals surface area contributed by atoms with Crippen molar-refractivity contribution in [3.8, 4) is 0 Å². The van der Waals surface area contributed by atoms with Crippen LogP contribution in [0.2, 0.25) is 0 Å². The number of allylic oxidation sites excluding steroid dienone is 2. The number of amides is 1. The third-order valence-electron chi connectivity index (χ3n) is 6.25. The van der Waals surface area contributed by atoms with Crippen LogP contribution < -0.4 is 5.32 Å². The fourth-order valence-electron chi connectivity index (χ4n) is 4.64. The Balaban J connectivity index is 1.34. The van der Waals surface area contributed by atoms with Crippen molar-refractivity contribution >= 4 is 11.6 Å². The highest BCUT2D eigenvalue weighted by atomic mass is 16.3. The fraction of sp³-hybridized carbons (Fsp3) is 0.571. The number of piperidine rings is 1. The molecule has 25 heavy (non-hydrogen) atoms. The minimum absolute atomic E-state index is 0.114. The van der Waals surface area contributed by atoms with Gasteiger partial charge in [-0.1, -0.05) is 18.2 Å². The summed E-state index contributed by atoms with van der Waals surface area (Å²) in [7, 11) is 0. The van der Waals surface area contributed by atoms with Crippen LogP contribution in [0, 0.1) is 23.7 Å². The van der Waals surface area contributed by atoms with Crippen LogP contribution in [0.5, 0.6) is 0 Å². The van der Waals surface area contributed by atoms with E-state index in [1.54, 1.807) is 0 Å². The topological polar surface area (TPSA) is 52.6 Å². The maximum Gasteiger partial charge on any atom is 0.253 e. The molecule has 1 aromatic rings. The number of likely N-dealkylation sites (tertiary alicyclic amines) is 1. The number of hydrogen-bond donors (Lipinski definition) is 2. The van der Waals surface area contributed by atoms with Crippen LogP contribution in [0.15, 0.2) is 36.4 Å². The first-order chi connectivity index (χ1) is 12.2. The predicted octanol–water partition coefficient (Wildman–Crippen LogP) is 3.16. The van der Waals surface area contributed by atoms with Crippen LogP contribution in [0.3, 0.4) is 0 Å². The first-order valence-corrected chi connectivity index (χ1v) is 9.65. The lowest BCUT2D eigenvalue weighted by atomic mass is 9.93. The highest BCUT2D eigenvalue weighted by molar-refractivity contribution is 5.95. The van der Waals surface area contributed by atoms with Crippen molar-refractivity contribution in [2.24, 2.45) is 23.7 Å². The van der Waals surface area contributed by atoms with Crippen molar-refractivity contribution in [1.29, 1.82) is 0 Å². The van der Waals surface area contributed by atoms with Gasteiger partial charge >= 0.3 is 0 Å². The van der Waals surface area contributed by atoms with Crippen LogP contribution in [-0.2, 0) is 0 Å². The Morgan fingerprint density at radius 2 is 2.04 bits per heavy atom. The van der Waals surface area contributed by atoms with E-state index in [4.69, 9.17) is 0 Å². The van der Waals surface area contributed by atoms with E-state index in [0.717, 1.165) is 61.5 Å². The molecule has 2 bridgehead atoms. The monoisotopic (exact) mass is 340 g/mol. The van der Waals surface area contributed by atoms with Crippen LogP contribution in [0.1, 0.15) is 36.0 Å². The number of aliphatic hydroxyl groups excluding tert-OH is 1. The Morgan fingerprint density at radius 1 is 1.20 bits per heavy atom. The third kappa shape index (κ3) is 3.59. The molecule has 0 aromatic heterocycles. The molecule has 0 spiro atoms. The van der Waals surface area contributed by atoms with E-state index in [9.17, 15) is 9.90 Å². The summed E-state index contributed by atoms with van der Waals surface area (Å²) in [6.45, 7) is 2.73. The molecule has 2 N–H and O–H groups in total. The molecule has 2 fully saturated rings. The van der Waals surface area contributed by atoms with Crippen LogP contribution in [-0.4, -0.2) is 42.2 Å². The van der Waals surface area contributed by atoms with E-state index >= 15 is 0 Å². The molecule has 1 heterocycles. The lowest BCUT2D eigenvalue weighted by molar-refractivity contribution is 0.0651. The minimum Gasteiger partial charge on any atom is -0.396 e. The lowest BCUT2D eigenvalue weighted by Crippen LogP contribution is -2.39. The van der Waals surface area contributed by atoms with Crippen molar-refractivity contribution in [1.82, 2.24) is 4.90 Å². The maximum atomic E-state index is 12.7. The van der Waals surface area contributed by atoms with Gasteiger partial charge in [-0.05, 0) is 67.6 Å². The summed E-state index contributed by atoms with van der Waals surface area (Å²) in [6.07, 6.45) is 9.19. The summed E-state index contributed by atoms with van der Waals surface area (Å²) >= 11 is 0. The summed E-state index contributed by atoms with van der Waals surface area (Å²) in [4.78, 5) is 14.7. The molecule has 3 unspecified atom stereocenters. The second kappa shape index (κ2) is 7.20. The van der Waals surface area contributed by atoms with Crippen molar-refractivity contribution in [2.45, 2.75) is 25.7 Å². The predicted molar refractivity (Wildman–Crippen MR) is 99.5 cm³/mol. The molecule has 1 saturated heterocycles. The van der Waals surface area contributed by atoms with Crippen LogP contribution >= 0.6 is 0 Å². The van der Waals surface area contributed by atoms with E-state index in [2.05, 4.69) is 23.5 Å². The van der Waals surface area contributed by atoms with Crippen molar-refractivity contribution in [3.63, 3.8) is 0 Å². The number of carbonyl (C=O) groups excluding carboxylic acids is 1. The highest BCUT2D eigenvalue weighted by Crippen LogP contribution is 2.43. The molecule has 3 atom stereocenters. The number of carbonyl (C=O) groups is 1.